The first-order valence-electron chi connectivity index (χ1n) is 5.89. The van der Waals surface area contributed by atoms with Gasteiger partial charge in [0.25, 0.3) is 5.91 Å². The summed E-state index contributed by atoms with van der Waals surface area (Å²) in [6, 6.07) is 5.24. The fourth-order valence-electron chi connectivity index (χ4n) is 1.59. The van der Waals surface area contributed by atoms with Crippen molar-refractivity contribution in [1.29, 1.82) is 0 Å². The fourth-order valence-corrected chi connectivity index (χ4v) is 2.07. The summed E-state index contributed by atoms with van der Waals surface area (Å²) in [4.78, 5) is 20.0. The van der Waals surface area contributed by atoms with Crippen molar-refractivity contribution in [3.05, 3.63) is 36.3 Å². The Kier molecular flexibility index (Phi) is 4.26. The highest BCUT2D eigenvalue weighted by Gasteiger charge is 2.08. The van der Waals surface area contributed by atoms with Crippen LogP contribution in [0.2, 0.25) is 0 Å². The largest absolute Gasteiger partial charge is 0.349 e. The van der Waals surface area contributed by atoms with E-state index in [4.69, 9.17) is 0 Å². The number of fused-ring (bicyclic) bond motifs is 1. The highest BCUT2D eigenvalue weighted by molar-refractivity contribution is 7.88. The van der Waals surface area contributed by atoms with E-state index in [9.17, 15) is 13.2 Å². The third-order valence-corrected chi connectivity index (χ3v) is 3.22. The lowest BCUT2D eigenvalue weighted by Gasteiger charge is -2.05. The maximum absolute atomic E-state index is 11.8. The zero-order valence-electron chi connectivity index (χ0n) is 10.8. The van der Waals surface area contributed by atoms with Crippen molar-refractivity contribution in [3.63, 3.8) is 0 Å². The van der Waals surface area contributed by atoms with Crippen molar-refractivity contribution in [2.24, 2.45) is 0 Å². The molecule has 2 aromatic heterocycles. The molecule has 0 atom stereocenters. The quantitative estimate of drug-likeness (QED) is 0.750. The molecule has 1 amide bonds. The van der Waals surface area contributed by atoms with Crippen LogP contribution in [0.3, 0.4) is 0 Å². The molecule has 0 fully saturated rings. The van der Waals surface area contributed by atoms with E-state index in [1.807, 2.05) is 6.07 Å². The minimum atomic E-state index is -3.24. The molecule has 7 nitrogen and oxygen atoms in total. The first-order valence-corrected chi connectivity index (χ1v) is 7.78. The van der Waals surface area contributed by atoms with Crippen molar-refractivity contribution < 1.29 is 13.2 Å². The molecule has 0 saturated carbocycles. The van der Waals surface area contributed by atoms with E-state index in [1.165, 1.54) is 0 Å². The molecule has 2 rings (SSSR count). The predicted octanol–water partition coefficient (Wildman–Crippen LogP) is -0.0912. The Morgan fingerprint density at radius 2 is 2.10 bits per heavy atom. The number of pyridine rings is 2. The number of hydrogen-bond donors (Lipinski definition) is 2. The minimum Gasteiger partial charge on any atom is -0.349 e. The molecule has 2 heterocycles. The van der Waals surface area contributed by atoms with E-state index in [-0.39, 0.29) is 24.7 Å². The lowest BCUT2D eigenvalue weighted by molar-refractivity contribution is 0.0949. The molecule has 0 aliphatic heterocycles. The summed E-state index contributed by atoms with van der Waals surface area (Å²) in [5.74, 6) is -0.368. The van der Waals surface area contributed by atoms with Crippen LogP contribution in [0, 0.1) is 0 Å². The third-order valence-electron chi connectivity index (χ3n) is 2.49. The van der Waals surface area contributed by atoms with Crippen LogP contribution in [-0.2, 0) is 10.0 Å². The van der Waals surface area contributed by atoms with Gasteiger partial charge in [0.1, 0.15) is 5.69 Å². The van der Waals surface area contributed by atoms with Crippen molar-refractivity contribution in [1.82, 2.24) is 20.0 Å². The van der Waals surface area contributed by atoms with Gasteiger partial charge in [-0.1, -0.05) is 0 Å². The van der Waals surface area contributed by atoms with E-state index in [0.29, 0.717) is 5.52 Å². The van der Waals surface area contributed by atoms with Gasteiger partial charge < -0.3 is 5.32 Å². The number of nitrogens with zero attached hydrogens (tertiary/aromatic N) is 2. The molecule has 106 valence electrons. The van der Waals surface area contributed by atoms with E-state index >= 15 is 0 Å². The number of carbonyl (C=O) groups is 1. The Bertz CT molecular complexity index is 730. The van der Waals surface area contributed by atoms with E-state index in [1.54, 1.807) is 24.5 Å². The average molecular weight is 294 g/mol. The van der Waals surface area contributed by atoms with Gasteiger partial charge in [0.2, 0.25) is 10.0 Å². The molecule has 0 spiro atoms. The molecule has 2 N–H and O–H groups in total. The van der Waals surface area contributed by atoms with Crippen LogP contribution in [0.25, 0.3) is 10.9 Å². The first kappa shape index (κ1) is 14.4. The van der Waals surface area contributed by atoms with Crippen molar-refractivity contribution in [2.45, 2.75) is 0 Å². The van der Waals surface area contributed by atoms with Gasteiger partial charge in [0.05, 0.1) is 11.8 Å². The Labute approximate surface area is 116 Å². The maximum atomic E-state index is 11.8. The lowest BCUT2D eigenvalue weighted by Crippen LogP contribution is -2.34. The van der Waals surface area contributed by atoms with Gasteiger partial charge in [-0.15, -0.1) is 0 Å². The fraction of sp³-hybridized carbons (Fsp3) is 0.250. The second kappa shape index (κ2) is 5.93. The highest BCUT2D eigenvalue weighted by atomic mass is 32.2. The number of hydrogen-bond acceptors (Lipinski definition) is 5. The summed E-state index contributed by atoms with van der Waals surface area (Å²) in [6.07, 6.45) is 4.28. The highest BCUT2D eigenvalue weighted by Crippen LogP contribution is 2.10. The molecular weight excluding hydrogens is 280 g/mol. The topological polar surface area (TPSA) is 101 Å². The van der Waals surface area contributed by atoms with Crippen LogP contribution in [0.1, 0.15) is 10.5 Å². The molecule has 0 bridgehead atoms. The maximum Gasteiger partial charge on any atom is 0.270 e. The Hall–Kier alpha value is -2.06. The monoisotopic (exact) mass is 294 g/mol. The number of rotatable bonds is 5. The van der Waals surface area contributed by atoms with Gasteiger partial charge in [-0.25, -0.2) is 13.1 Å². The SMILES string of the molecule is CS(=O)(=O)NCCNC(=O)c1cc2ncccc2cn1. The molecule has 0 radical (unpaired) electrons. The molecule has 20 heavy (non-hydrogen) atoms. The summed E-state index contributed by atoms with van der Waals surface area (Å²) in [6.45, 7) is 0.324. The Morgan fingerprint density at radius 3 is 2.85 bits per heavy atom. The molecule has 0 aromatic carbocycles. The number of sulfonamides is 1. The average Bonchev–Trinajstić information content (AvgIpc) is 2.42. The van der Waals surface area contributed by atoms with Crippen molar-refractivity contribution in [3.8, 4) is 0 Å². The van der Waals surface area contributed by atoms with E-state index < -0.39 is 10.0 Å². The Morgan fingerprint density at radius 1 is 1.30 bits per heavy atom. The molecule has 0 saturated heterocycles. The second-order valence-electron chi connectivity index (χ2n) is 4.19. The summed E-state index contributed by atoms with van der Waals surface area (Å²) >= 11 is 0. The summed E-state index contributed by atoms with van der Waals surface area (Å²) in [5, 5.41) is 3.43. The number of carbonyl (C=O) groups excluding carboxylic acids is 1. The van der Waals surface area contributed by atoms with Crippen LogP contribution in [0.15, 0.2) is 30.6 Å². The molecule has 0 aliphatic rings. The number of nitrogens with one attached hydrogen (secondary N) is 2. The first-order chi connectivity index (χ1) is 9.46. The molecule has 0 unspecified atom stereocenters. The zero-order valence-corrected chi connectivity index (χ0v) is 11.6. The third kappa shape index (κ3) is 3.97. The van der Waals surface area contributed by atoms with Gasteiger partial charge in [0, 0.05) is 30.9 Å². The molecule has 2 aromatic rings. The van der Waals surface area contributed by atoms with Crippen molar-refractivity contribution >= 4 is 26.8 Å². The summed E-state index contributed by atoms with van der Waals surface area (Å²) in [5.41, 5.74) is 0.928. The molecular formula is C12H14N4O3S. The van der Waals surface area contributed by atoms with Crippen LogP contribution in [0.4, 0.5) is 0 Å². The normalized spacial score (nSPS) is 11.4. The van der Waals surface area contributed by atoms with Crippen LogP contribution < -0.4 is 10.0 Å². The standard InChI is InChI=1S/C12H14N4O3S/c1-20(18,19)16-6-5-14-12(17)11-7-10-9(8-15-11)3-2-4-13-10/h2-4,7-8,16H,5-6H2,1H3,(H,14,17). The van der Waals surface area contributed by atoms with Crippen LogP contribution in [-0.4, -0.2) is 43.6 Å². The zero-order chi connectivity index (χ0) is 14.6. The summed E-state index contributed by atoms with van der Waals surface area (Å²) < 4.78 is 24.0. The van der Waals surface area contributed by atoms with Gasteiger partial charge in [-0.05, 0) is 18.2 Å². The van der Waals surface area contributed by atoms with Gasteiger partial charge >= 0.3 is 0 Å². The van der Waals surface area contributed by atoms with E-state index in [2.05, 4.69) is 20.0 Å². The summed E-state index contributed by atoms with van der Waals surface area (Å²) in [7, 11) is -3.24. The molecule has 0 aliphatic carbocycles. The van der Waals surface area contributed by atoms with E-state index in [0.717, 1.165) is 11.6 Å². The molecule has 8 heteroatoms. The van der Waals surface area contributed by atoms with Gasteiger partial charge in [0.15, 0.2) is 0 Å². The number of aromatic nitrogens is 2. The predicted molar refractivity (Wildman–Crippen MR) is 74.7 cm³/mol. The van der Waals surface area contributed by atoms with Gasteiger partial charge in [-0.3, -0.25) is 14.8 Å². The van der Waals surface area contributed by atoms with Crippen LogP contribution >= 0.6 is 0 Å². The lowest BCUT2D eigenvalue weighted by atomic mass is 10.2. The second-order valence-corrected chi connectivity index (χ2v) is 6.02. The van der Waals surface area contributed by atoms with Gasteiger partial charge in [-0.2, -0.15) is 0 Å². The van der Waals surface area contributed by atoms with Crippen LogP contribution in [0.5, 0.6) is 0 Å². The van der Waals surface area contributed by atoms with Crippen molar-refractivity contribution in [2.75, 3.05) is 19.3 Å². The Balaban J connectivity index is 1.97. The smallest absolute Gasteiger partial charge is 0.270 e. The number of amides is 1. The minimum absolute atomic E-state index is 0.135.